The molecule has 4 rings (SSSR count). The number of carbonyl (C=O) groups is 2. The Morgan fingerprint density at radius 3 is 1.45 bits per heavy atom. The molecule has 2 unspecified atom stereocenters. The monoisotopic (exact) mass is 463 g/mol. The van der Waals surface area contributed by atoms with Gasteiger partial charge < -0.3 is 40.6 Å². The predicted molar refractivity (Wildman–Crippen MR) is 108 cm³/mol. The largest absolute Gasteiger partial charge is 2.00 e. The summed E-state index contributed by atoms with van der Waals surface area (Å²) in [4.78, 5) is 21.8. The first-order valence-electron chi connectivity index (χ1n) is 9.07. The Morgan fingerprint density at radius 2 is 1.13 bits per heavy atom. The molecule has 8 nitrogen and oxygen atoms in total. The standard InChI is InChI=1S/2C11H11NO3.Mn/c2*1-11(10(14)15)6-5-7-3-2-4-8(13)9(7)12-11;/h2*2-6,12-13H,1H3,(H,14,15);/q;;+2/p-2. The summed E-state index contributed by atoms with van der Waals surface area (Å²) >= 11 is 0. The zero-order chi connectivity index (χ0) is 22.1. The van der Waals surface area contributed by atoms with E-state index in [-0.39, 0.29) is 28.6 Å². The fourth-order valence-corrected chi connectivity index (χ4v) is 3.02. The minimum atomic E-state index is -1.27. The number of anilines is 2. The number of aromatic hydroxyl groups is 2. The molecule has 2 aromatic carbocycles. The maximum atomic E-state index is 10.9. The molecule has 9 heteroatoms. The first-order chi connectivity index (χ1) is 14.1. The quantitative estimate of drug-likeness (QED) is 0.376. The van der Waals surface area contributed by atoms with E-state index in [4.69, 9.17) is 0 Å². The van der Waals surface area contributed by atoms with Gasteiger partial charge in [-0.2, -0.15) is 0 Å². The molecule has 2 aliphatic rings. The minimum Gasteiger partial charge on any atom is -0.547 e. The number of hydrogen-bond donors (Lipinski definition) is 4. The molecule has 0 aromatic heterocycles. The van der Waals surface area contributed by atoms with Crippen molar-refractivity contribution in [2.24, 2.45) is 0 Å². The van der Waals surface area contributed by atoms with Gasteiger partial charge in [0.05, 0.1) is 34.4 Å². The van der Waals surface area contributed by atoms with Gasteiger partial charge >= 0.3 is 17.1 Å². The van der Waals surface area contributed by atoms with Crippen molar-refractivity contribution in [3.63, 3.8) is 0 Å². The number of carboxylic acids is 2. The van der Waals surface area contributed by atoms with Gasteiger partial charge in [0.15, 0.2) is 0 Å². The van der Waals surface area contributed by atoms with E-state index >= 15 is 0 Å². The number of benzene rings is 2. The molecule has 4 N–H and O–H groups in total. The fourth-order valence-electron chi connectivity index (χ4n) is 3.02. The van der Waals surface area contributed by atoms with Crippen LogP contribution in [0.4, 0.5) is 11.4 Å². The van der Waals surface area contributed by atoms with Crippen LogP contribution in [0.5, 0.6) is 11.5 Å². The summed E-state index contributed by atoms with van der Waals surface area (Å²) < 4.78 is 0. The summed E-state index contributed by atoms with van der Waals surface area (Å²) in [5.74, 6) is -2.39. The van der Waals surface area contributed by atoms with Crippen LogP contribution in [0.1, 0.15) is 25.0 Å². The van der Waals surface area contributed by atoms with Crippen LogP contribution in [0.2, 0.25) is 0 Å². The molecular weight excluding hydrogens is 443 g/mol. The van der Waals surface area contributed by atoms with Gasteiger partial charge in [-0.15, -0.1) is 0 Å². The molecule has 2 heterocycles. The van der Waals surface area contributed by atoms with Crippen LogP contribution >= 0.6 is 0 Å². The second-order valence-corrected chi connectivity index (χ2v) is 7.38. The number of para-hydroxylation sites is 2. The molecule has 161 valence electrons. The number of phenols is 2. The normalized spacial score (nSPS) is 22.3. The summed E-state index contributed by atoms with van der Waals surface area (Å²) in [6.45, 7) is 2.96. The first kappa shape index (κ1) is 23.9. The predicted octanol–water partition coefficient (Wildman–Crippen LogP) is 0.676. The van der Waals surface area contributed by atoms with Crippen LogP contribution in [0.15, 0.2) is 48.6 Å². The van der Waals surface area contributed by atoms with Gasteiger partial charge in [-0.25, -0.2) is 0 Å². The third kappa shape index (κ3) is 4.68. The average Bonchev–Trinajstić information content (AvgIpc) is 2.70. The van der Waals surface area contributed by atoms with E-state index in [9.17, 15) is 30.0 Å². The summed E-state index contributed by atoms with van der Waals surface area (Å²) in [5, 5.41) is 46.4. The molecule has 0 saturated heterocycles. The summed E-state index contributed by atoms with van der Waals surface area (Å²) in [6, 6.07) is 9.96. The van der Waals surface area contributed by atoms with Crippen molar-refractivity contribution in [3.8, 4) is 11.5 Å². The van der Waals surface area contributed by atoms with Crippen LogP contribution in [-0.4, -0.2) is 33.2 Å². The van der Waals surface area contributed by atoms with E-state index in [1.54, 1.807) is 36.4 Å². The molecule has 0 bridgehead atoms. The number of aliphatic carboxylic acids is 2. The van der Waals surface area contributed by atoms with Gasteiger partial charge in [-0.05, 0) is 26.0 Å². The first-order valence-corrected chi connectivity index (χ1v) is 9.07. The van der Waals surface area contributed by atoms with Crippen LogP contribution in [0.3, 0.4) is 0 Å². The van der Waals surface area contributed by atoms with Crippen molar-refractivity contribution in [2.45, 2.75) is 24.9 Å². The van der Waals surface area contributed by atoms with E-state index in [0.29, 0.717) is 11.4 Å². The average molecular weight is 463 g/mol. The van der Waals surface area contributed by atoms with Gasteiger partial charge in [0, 0.05) is 11.1 Å². The third-order valence-electron chi connectivity index (χ3n) is 4.96. The molecule has 0 aliphatic carbocycles. The Kier molecular flexibility index (Phi) is 6.73. The summed E-state index contributed by atoms with van der Waals surface area (Å²) in [7, 11) is 0. The Hall–Kier alpha value is -3.42. The molecule has 31 heavy (non-hydrogen) atoms. The number of rotatable bonds is 2. The van der Waals surface area contributed by atoms with Crippen molar-refractivity contribution in [3.05, 3.63) is 59.7 Å². The summed E-state index contributed by atoms with van der Waals surface area (Å²) in [6.07, 6.45) is 6.32. The van der Waals surface area contributed by atoms with Gasteiger partial charge in [-0.3, -0.25) is 0 Å². The Bertz CT molecular complexity index is 998. The number of carbonyl (C=O) groups excluding carboxylic acids is 2. The van der Waals surface area contributed by atoms with Crippen LogP contribution in [-0.2, 0) is 26.7 Å². The Balaban J connectivity index is 0.000000213. The van der Waals surface area contributed by atoms with Gasteiger partial charge in [0.2, 0.25) is 0 Å². The van der Waals surface area contributed by atoms with Crippen molar-refractivity contribution in [1.82, 2.24) is 0 Å². The molecule has 0 saturated carbocycles. The van der Waals surface area contributed by atoms with E-state index in [1.807, 2.05) is 0 Å². The van der Waals surface area contributed by atoms with E-state index < -0.39 is 23.0 Å². The molecule has 2 aromatic rings. The van der Waals surface area contributed by atoms with Gasteiger partial charge in [-0.1, -0.05) is 48.6 Å². The molecule has 2 aliphatic heterocycles. The Morgan fingerprint density at radius 1 is 0.774 bits per heavy atom. The number of nitrogens with one attached hydrogen (secondary N) is 2. The van der Waals surface area contributed by atoms with Crippen molar-refractivity contribution in [1.29, 1.82) is 0 Å². The fraction of sp³-hybridized carbons (Fsp3) is 0.182. The van der Waals surface area contributed by atoms with Crippen molar-refractivity contribution < 1.29 is 47.1 Å². The molecule has 1 radical (unpaired) electrons. The zero-order valence-corrected chi connectivity index (χ0v) is 17.9. The van der Waals surface area contributed by atoms with Gasteiger partial charge in [0.25, 0.3) is 0 Å². The Labute approximate surface area is 189 Å². The van der Waals surface area contributed by atoms with Gasteiger partial charge in [0.1, 0.15) is 11.5 Å². The molecule has 2 atom stereocenters. The maximum Gasteiger partial charge on any atom is 2.00 e. The number of fused-ring (bicyclic) bond motifs is 2. The third-order valence-corrected chi connectivity index (χ3v) is 4.96. The minimum absolute atomic E-state index is 0. The smallest absolute Gasteiger partial charge is 0.547 e. The van der Waals surface area contributed by atoms with E-state index in [2.05, 4.69) is 10.6 Å². The van der Waals surface area contributed by atoms with Crippen LogP contribution in [0.25, 0.3) is 12.2 Å². The zero-order valence-electron chi connectivity index (χ0n) is 16.7. The topological polar surface area (TPSA) is 145 Å². The molecule has 0 fully saturated rings. The second-order valence-electron chi connectivity index (χ2n) is 7.38. The second kappa shape index (κ2) is 8.75. The van der Waals surface area contributed by atoms with Crippen molar-refractivity contribution >= 4 is 35.5 Å². The van der Waals surface area contributed by atoms with Crippen LogP contribution < -0.4 is 20.8 Å². The molecule has 0 spiro atoms. The maximum absolute atomic E-state index is 10.9. The van der Waals surface area contributed by atoms with Crippen LogP contribution in [0, 0.1) is 0 Å². The summed E-state index contributed by atoms with van der Waals surface area (Å²) in [5.41, 5.74) is -0.182. The number of phenolic OH excluding ortho intramolecular Hbond substituents is 2. The van der Waals surface area contributed by atoms with E-state index in [1.165, 1.54) is 38.1 Å². The SMILES string of the molecule is CC1(C(=O)[O-])C=Cc2cccc(O)c2N1.CC1(C(=O)[O-])C=Cc2cccc(O)c2N1.[Mn+2]. The van der Waals surface area contributed by atoms with E-state index in [0.717, 1.165) is 11.1 Å². The molecular formula is C22H20MnN2O6. The number of carboxylic acid groups (broad SMARTS) is 2. The number of hydrogen-bond acceptors (Lipinski definition) is 8. The van der Waals surface area contributed by atoms with Crippen molar-refractivity contribution in [2.75, 3.05) is 10.6 Å². The molecule has 0 amide bonds.